The average Bonchev–Trinajstić information content (AvgIpc) is 2.79. The Morgan fingerprint density at radius 2 is 2.18 bits per heavy atom. The van der Waals surface area contributed by atoms with E-state index in [9.17, 15) is 13.2 Å². The SMILES string of the molecule is CCCN(CC(=O)O)S(=O)(=O)c1cc(Cl)c2c(c1)CC(C)O2. The molecule has 0 aliphatic carbocycles. The standard InChI is InChI=1S/C14H18ClNO5S/c1-3-4-16(8-13(17)18)22(19,20)11-6-10-5-9(2)21-14(10)12(15)7-11/h6-7,9H,3-5,8H2,1-2H3,(H,17,18). The van der Waals surface area contributed by atoms with Gasteiger partial charge in [0.15, 0.2) is 0 Å². The summed E-state index contributed by atoms with van der Waals surface area (Å²) in [7, 11) is -3.91. The van der Waals surface area contributed by atoms with Gasteiger partial charge >= 0.3 is 5.97 Å². The molecular weight excluding hydrogens is 330 g/mol. The van der Waals surface area contributed by atoms with Crippen LogP contribution in [-0.4, -0.2) is 43.0 Å². The number of hydrogen-bond acceptors (Lipinski definition) is 4. The third-order valence-electron chi connectivity index (χ3n) is 3.34. The number of benzene rings is 1. The van der Waals surface area contributed by atoms with Crippen LogP contribution >= 0.6 is 11.6 Å². The van der Waals surface area contributed by atoms with E-state index in [-0.39, 0.29) is 22.6 Å². The van der Waals surface area contributed by atoms with Crippen LogP contribution in [0.15, 0.2) is 17.0 Å². The minimum absolute atomic E-state index is 0.00338. The van der Waals surface area contributed by atoms with Crippen LogP contribution in [-0.2, 0) is 21.2 Å². The number of fused-ring (bicyclic) bond motifs is 1. The number of hydrogen-bond donors (Lipinski definition) is 1. The molecule has 6 nitrogen and oxygen atoms in total. The first-order chi connectivity index (χ1) is 10.3. The number of nitrogens with zero attached hydrogens (tertiary/aromatic N) is 1. The molecule has 0 amide bonds. The van der Waals surface area contributed by atoms with Gasteiger partial charge < -0.3 is 9.84 Å². The van der Waals surface area contributed by atoms with Gasteiger partial charge in [0.2, 0.25) is 10.0 Å². The first kappa shape index (κ1) is 17.1. The van der Waals surface area contributed by atoms with E-state index in [0.717, 1.165) is 9.87 Å². The summed E-state index contributed by atoms with van der Waals surface area (Å²) < 4.78 is 31.8. The van der Waals surface area contributed by atoms with E-state index in [0.29, 0.717) is 18.6 Å². The van der Waals surface area contributed by atoms with E-state index >= 15 is 0 Å². The quantitative estimate of drug-likeness (QED) is 0.852. The van der Waals surface area contributed by atoms with Crippen LogP contribution < -0.4 is 4.74 Å². The summed E-state index contributed by atoms with van der Waals surface area (Å²) in [5, 5.41) is 9.14. The monoisotopic (exact) mass is 347 g/mol. The zero-order valence-electron chi connectivity index (χ0n) is 12.4. The molecule has 122 valence electrons. The molecule has 0 bridgehead atoms. The zero-order valence-corrected chi connectivity index (χ0v) is 13.9. The van der Waals surface area contributed by atoms with Crippen LogP contribution in [0, 0.1) is 0 Å². The number of carboxylic acids is 1. The maximum Gasteiger partial charge on any atom is 0.318 e. The van der Waals surface area contributed by atoms with Gasteiger partial charge in [-0.05, 0) is 25.5 Å². The predicted molar refractivity (Wildman–Crippen MR) is 81.9 cm³/mol. The lowest BCUT2D eigenvalue weighted by Crippen LogP contribution is -2.36. The van der Waals surface area contributed by atoms with Crippen molar-refractivity contribution in [2.24, 2.45) is 0 Å². The molecule has 22 heavy (non-hydrogen) atoms. The lowest BCUT2D eigenvalue weighted by atomic mass is 10.1. The van der Waals surface area contributed by atoms with Crippen LogP contribution in [0.25, 0.3) is 0 Å². The summed E-state index contributed by atoms with van der Waals surface area (Å²) in [6, 6.07) is 2.84. The van der Waals surface area contributed by atoms with Crippen molar-refractivity contribution < 1.29 is 23.1 Å². The van der Waals surface area contributed by atoms with E-state index in [1.54, 1.807) is 6.92 Å². The van der Waals surface area contributed by atoms with Crippen LogP contribution in [0.4, 0.5) is 0 Å². The van der Waals surface area contributed by atoms with Gasteiger partial charge in [-0.1, -0.05) is 18.5 Å². The minimum Gasteiger partial charge on any atom is -0.489 e. The van der Waals surface area contributed by atoms with E-state index in [4.69, 9.17) is 21.4 Å². The Morgan fingerprint density at radius 3 is 2.77 bits per heavy atom. The van der Waals surface area contributed by atoms with Gasteiger partial charge in [-0.25, -0.2) is 8.42 Å². The second kappa shape index (κ2) is 6.44. The highest BCUT2D eigenvalue weighted by Crippen LogP contribution is 2.38. The fraction of sp³-hybridized carbons (Fsp3) is 0.500. The molecule has 0 fully saturated rings. The summed E-state index contributed by atoms with van der Waals surface area (Å²) in [6.45, 7) is 3.22. The number of ether oxygens (including phenoxy) is 1. The number of aliphatic carboxylic acids is 1. The normalized spacial score (nSPS) is 17.4. The third kappa shape index (κ3) is 3.37. The molecule has 0 saturated heterocycles. The van der Waals surface area contributed by atoms with Gasteiger partial charge in [-0.3, -0.25) is 4.79 Å². The number of carboxylic acid groups (broad SMARTS) is 1. The van der Waals surface area contributed by atoms with Crippen molar-refractivity contribution in [3.8, 4) is 5.75 Å². The minimum atomic E-state index is -3.91. The summed E-state index contributed by atoms with van der Waals surface area (Å²) in [5.41, 5.74) is 0.727. The molecule has 1 aliphatic heterocycles. The van der Waals surface area contributed by atoms with Crippen molar-refractivity contribution in [3.63, 3.8) is 0 Å². The van der Waals surface area contributed by atoms with Crippen molar-refractivity contribution >= 4 is 27.6 Å². The van der Waals surface area contributed by atoms with Crippen molar-refractivity contribution in [2.75, 3.05) is 13.1 Å². The summed E-state index contributed by atoms with van der Waals surface area (Å²) in [5.74, 6) is -0.686. The molecule has 1 aromatic rings. The molecule has 0 saturated carbocycles. The third-order valence-corrected chi connectivity index (χ3v) is 5.45. The second-order valence-electron chi connectivity index (χ2n) is 5.26. The van der Waals surface area contributed by atoms with E-state index in [1.165, 1.54) is 12.1 Å². The van der Waals surface area contributed by atoms with Gasteiger partial charge in [0, 0.05) is 18.5 Å². The fourth-order valence-corrected chi connectivity index (χ4v) is 4.35. The Kier molecular flexibility index (Phi) is 4.99. The largest absolute Gasteiger partial charge is 0.489 e. The molecule has 0 aromatic heterocycles. The lowest BCUT2D eigenvalue weighted by molar-refractivity contribution is -0.137. The zero-order chi connectivity index (χ0) is 16.5. The van der Waals surface area contributed by atoms with Crippen LogP contribution in [0.1, 0.15) is 25.8 Å². The van der Waals surface area contributed by atoms with Crippen molar-refractivity contribution in [1.82, 2.24) is 4.31 Å². The number of halogens is 1. The van der Waals surface area contributed by atoms with Crippen LogP contribution in [0.5, 0.6) is 5.75 Å². The van der Waals surface area contributed by atoms with Crippen molar-refractivity contribution in [2.45, 2.75) is 37.7 Å². The lowest BCUT2D eigenvalue weighted by Gasteiger charge is -2.20. The van der Waals surface area contributed by atoms with Gasteiger partial charge in [0.25, 0.3) is 0 Å². The molecule has 1 aromatic carbocycles. The van der Waals surface area contributed by atoms with E-state index < -0.39 is 22.5 Å². The number of carbonyl (C=O) groups is 1. The molecule has 1 aliphatic rings. The van der Waals surface area contributed by atoms with E-state index in [1.807, 2.05) is 6.92 Å². The first-order valence-corrected chi connectivity index (χ1v) is 8.78. The fourth-order valence-electron chi connectivity index (χ4n) is 2.44. The summed E-state index contributed by atoms with van der Waals surface area (Å²) >= 11 is 6.11. The number of rotatable bonds is 6. The molecule has 1 unspecified atom stereocenters. The highest BCUT2D eigenvalue weighted by Gasteiger charge is 2.30. The summed E-state index contributed by atoms with van der Waals surface area (Å²) in [4.78, 5) is 10.9. The Hall–Kier alpha value is -1.31. The molecule has 0 spiro atoms. The van der Waals surface area contributed by atoms with E-state index in [2.05, 4.69) is 0 Å². The Bertz CT molecular complexity index is 689. The molecule has 1 N–H and O–H groups in total. The molecule has 2 rings (SSSR count). The Labute approximate surface area is 134 Å². The first-order valence-electron chi connectivity index (χ1n) is 6.96. The van der Waals surface area contributed by atoms with Gasteiger partial charge in [0.1, 0.15) is 18.4 Å². The second-order valence-corrected chi connectivity index (χ2v) is 7.60. The highest BCUT2D eigenvalue weighted by atomic mass is 35.5. The van der Waals surface area contributed by atoms with Crippen molar-refractivity contribution in [1.29, 1.82) is 0 Å². The Morgan fingerprint density at radius 1 is 1.50 bits per heavy atom. The molecule has 0 radical (unpaired) electrons. The highest BCUT2D eigenvalue weighted by molar-refractivity contribution is 7.89. The molecule has 1 heterocycles. The van der Waals surface area contributed by atoms with Gasteiger partial charge in [-0.15, -0.1) is 0 Å². The van der Waals surface area contributed by atoms with Crippen LogP contribution in [0.2, 0.25) is 5.02 Å². The maximum absolute atomic E-state index is 12.7. The van der Waals surface area contributed by atoms with Crippen LogP contribution in [0.3, 0.4) is 0 Å². The van der Waals surface area contributed by atoms with Crippen molar-refractivity contribution in [3.05, 3.63) is 22.7 Å². The Balaban J connectivity index is 2.43. The maximum atomic E-state index is 12.7. The van der Waals surface area contributed by atoms with Gasteiger partial charge in [0.05, 0.1) is 9.92 Å². The topological polar surface area (TPSA) is 83.9 Å². The smallest absolute Gasteiger partial charge is 0.318 e. The molecule has 8 heteroatoms. The van der Waals surface area contributed by atoms with Gasteiger partial charge in [-0.2, -0.15) is 4.31 Å². The predicted octanol–water partition coefficient (Wildman–Crippen LogP) is 2.15. The average molecular weight is 348 g/mol. The molecule has 1 atom stereocenters. The summed E-state index contributed by atoms with van der Waals surface area (Å²) in [6.07, 6.45) is 1.03. The number of sulfonamides is 1. The molecular formula is C14H18ClNO5S.